The summed E-state index contributed by atoms with van der Waals surface area (Å²) in [6, 6.07) is 13.6. The number of aldehydes is 1. The van der Waals surface area contributed by atoms with E-state index in [9.17, 15) is 9.59 Å². The zero-order valence-electron chi connectivity index (χ0n) is 17.7. The van der Waals surface area contributed by atoms with Crippen LogP contribution in [0, 0.1) is 12.8 Å². The van der Waals surface area contributed by atoms with Crippen molar-refractivity contribution < 1.29 is 9.59 Å². The van der Waals surface area contributed by atoms with Gasteiger partial charge in [0.2, 0.25) is 0 Å². The van der Waals surface area contributed by atoms with Gasteiger partial charge in [0.1, 0.15) is 6.29 Å². The SMILES string of the molecule is CCN(C)c1ccc(N(C)C(=O)c2ccc(C)cc2)cc1/C(=C\C=O)C(C)C. The summed E-state index contributed by atoms with van der Waals surface area (Å²) in [6.07, 6.45) is 2.46. The summed E-state index contributed by atoms with van der Waals surface area (Å²) >= 11 is 0. The zero-order chi connectivity index (χ0) is 20.8. The molecule has 4 nitrogen and oxygen atoms in total. The van der Waals surface area contributed by atoms with Gasteiger partial charge < -0.3 is 9.80 Å². The number of carbonyl (C=O) groups is 2. The number of hydrogen-bond donors (Lipinski definition) is 0. The first-order valence-electron chi connectivity index (χ1n) is 9.65. The molecule has 28 heavy (non-hydrogen) atoms. The molecular formula is C24H30N2O2. The standard InChI is InChI=1S/C24H30N2O2/c1-7-25(5)23-13-12-20(16-22(23)21(14-15-27)17(2)3)26(6)24(28)19-10-8-18(4)9-11-19/h8-17H,7H2,1-6H3/b21-14-. The second kappa shape index (κ2) is 9.36. The number of anilines is 2. The molecule has 0 saturated heterocycles. The molecule has 2 aromatic carbocycles. The average Bonchev–Trinajstić information content (AvgIpc) is 2.70. The molecule has 2 aromatic rings. The van der Waals surface area contributed by atoms with Crippen molar-refractivity contribution in [1.82, 2.24) is 0 Å². The van der Waals surface area contributed by atoms with Crippen molar-refractivity contribution in [2.75, 3.05) is 30.4 Å². The monoisotopic (exact) mass is 378 g/mol. The van der Waals surface area contributed by atoms with Crippen LogP contribution in [0.1, 0.15) is 42.3 Å². The molecule has 0 aliphatic carbocycles. The minimum atomic E-state index is -0.0620. The summed E-state index contributed by atoms with van der Waals surface area (Å²) in [5.41, 5.74) is 5.55. The number of carbonyl (C=O) groups excluding carboxylic acids is 2. The van der Waals surface area contributed by atoms with Gasteiger partial charge in [0.25, 0.3) is 5.91 Å². The Morgan fingerprint density at radius 2 is 1.71 bits per heavy atom. The van der Waals surface area contributed by atoms with Crippen molar-refractivity contribution in [2.45, 2.75) is 27.7 Å². The Labute approximate surface area is 168 Å². The highest BCUT2D eigenvalue weighted by atomic mass is 16.2. The number of nitrogens with zero attached hydrogens (tertiary/aromatic N) is 2. The Hall–Kier alpha value is -2.88. The predicted molar refractivity (Wildman–Crippen MR) is 118 cm³/mol. The molecule has 0 heterocycles. The van der Waals surface area contributed by atoms with Crippen LogP contribution in [0.4, 0.5) is 11.4 Å². The lowest BCUT2D eigenvalue weighted by atomic mass is 9.92. The molecule has 0 fully saturated rings. The highest BCUT2D eigenvalue weighted by molar-refractivity contribution is 6.06. The number of benzene rings is 2. The first-order valence-corrected chi connectivity index (χ1v) is 9.65. The van der Waals surface area contributed by atoms with Crippen LogP contribution in [0.2, 0.25) is 0 Å². The van der Waals surface area contributed by atoms with Crippen LogP contribution in [0.15, 0.2) is 48.5 Å². The second-order valence-corrected chi connectivity index (χ2v) is 7.36. The van der Waals surface area contributed by atoms with Crippen LogP contribution in [-0.2, 0) is 4.79 Å². The van der Waals surface area contributed by atoms with Crippen LogP contribution < -0.4 is 9.80 Å². The van der Waals surface area contributed by atoms with E-state index in [1.54, 1.807) is 18.0 Å². The van der Waals surface area contributed by atoms with Crippen LogP contribution in [-0.4, -0.2) is 32.8 Å². The van der Waals surface area contributed by atoms with Crippen LogP contribution in [0.25, 0.3) is 5.57 Å². The molecule has 0 aromatic heterocycles. The number of hydrogen-bond acceptors (Lipinski definition) is 3. The zero-order valence-corrected chi connectivity index (χ0v) is 17.7. The highest BCUT2D eigenvalue weighted by Gasteiger charge is 2.18. The van der Waals surface area contributed by atoms with Gasteiger partial charge in [-0.2, -0.15) is 0 Å². The van der Waals surface area contributed by atoms with Crippen molar-refractivity contribution in [3.05, 3.63) is 65.2 Å². The topological polar surface area (TPSA) is 40.6 Å². The normalized spacial score (nSPS) is 11.5. The third-order valence-corrected chi connectivity index (χ3v) is 5.04. The van der Waals surface area contributed by atoms with Gasteiger partial charge in [0.05, 0.1) is 0 Å². The minimum absolute atomic E-state index is 0.0620. The Morgan fingerprint density at radius 3 is 2.25 bits per heavy atom. The van der Waals surface area contributed by atoms with Gasteiger partial charge in [0, 0.05) is 43.1 Å². The maximum atomic E-state index is 12.9. The Kier molecular flexibility index (Phi) is 7.16. The fourth-order valence-electron chi connectivity index (χ4n) is 3.14. The molecule has 0 bridgehead atoms. The van der Waals surface area contributed by atoms with Crippen LogP contribution >= 0.6 is 0 Å². The van der Waals surface area contributed by atoms with E-state index in [1.807, 2.05) is 56.4 Å². The maximum absolute atomic E-state index is 12.9. The molecule has 148 valence electrons. The molecule has 0 radical (unpaired) electrons. The predicted octanol–water partition coefficient (Wildman–Crippen LogP) is 4.97. The summed E-state index contributed by atoms with van der Waals surface area (Å²) in [4.78, 5) is 27.9. The Bertz CT molecular complexity index is 867. The van der Waals surface area contributed by atoms with Gasteiger partial charge in [-0.25, -0.2) is 0 Å². The molecule has 2 rings (SSSR count). The van der Waals surface area contributed by atoms with Gasteiger partial charge in [-0.3, -0.25) is 9.59 Å². The molecule has 0 N–H and O–H groups in total. The number of aryl methyl sites for hydroxylation is 1. The van der Waals surface area contributed by atoms with Crippen LogP contribution in [0.5, 0.6) is 0 Å². The summed E-state index contributed by atoms with van der Waals surface area (Å²) in [5.74, 6) is 0.121. The number of allylic oxidation sites excluding steroid dienone is 2. The minimum Gasteiger partial charge on any atom is -0.374 e. The quantitative estimate of drug-likeness (QED) is 0.505. The van der Waals surface area contributed by atoms with Gasteiger partial charge >= 0.3 is 0 Å². The first-order chi connectivity index (χ1) is 13.3. The van der Waals surface area contributed by atoms with Gasteiger partial charge in [-0.15, -0.1) is 0 Å². The van der Waals surface area contributed by atoms with E-state index in [1.165, 1.54) is 0 Å². The fourth-order valence-corrected chi connectivity index (χ4v) is 3.14. The van der Waals surface area contributed by atoms with Gasteiger partial charge in [-0.1, -0.05) is 31.5 Å². The average molecular weight is 379 g/mol. The van der Waals surface area contributed by atoms with E-state index in [2.05, 4.69) is 25.7 Å². The smallest absolute Gasteiger partial charge is 0.258 e. The van der Waals surface area contributed by atoms with Crippen LogP contribution in [0.3, 0.4) is 0 Å². The maximum Gasteiger partial charge on any atom is 0.258 e. The Morgan fingerprint density at radius 1 is 1.07 bits per heavy atom. The van der Waals surface area contributed by atoms with Crippen molar-refractivity contribution in [3.8, 4) is 0 Å². The van der Waals surface area contributed by atoms with E-state index in [0.29, 0.717) is 5.56 Å². The largest absolute Gasteiger partial charge is 0.374 e. The van der Waals surface area contributed by atoms with Crippen molar-refractivity contribution in [3.63, 3.8) is 0 Å². The summed E-state index contributed by atoms with van der Waals surface area (Å²) in [6.45, 7) is 9.07. The second-order valence-electron chi connectivity index (χ2n) is 7.36. The third-order valence-electron chi connectivity index (χ3n) is 5.04. The van der Waals surface area contributed by atoms with E-state index in [0.717, 1.165) is 40.9 Å². The van der Waals surface area contributed by atoms with E-state index in [4.69, 9.17) is 0 Å². The number of amides is 1. The lowest BCUT2D eigenvalue weighted by Gasteiger charge is -2.26. The van der Waals surface area contributed by atoms with Gasteiger partial charge in [0.15, 0.2) is 0 Å². The summed E-state index contributed by atoms with van der Waals surface area (Å²) in [5, 5.41) is 0. The third kappa shape index (κ3) is 4.69. The molecule has 4 heteroatoms. The first kappa shape index (κ1) is 21.4. The molecular weight excluding hydrogens is 348 g/mol. The molecule has 0 aliphatic rings. The summed E-state index contributed by atoms with van der Waals surface area (Å²) < 4.78 is 0. The lowest BCUT2D eigenvalue weighted by Crippen LogP contribution is -2.26. The number of rotatable bonds is 7. The molecule has 0 atom stereocenters. The lowest BCUT2D eigenvalue weighted by molar-refractivity contribution is -0.104. The Balaban J connectivity index is 2.52. The molecule has 0 spiro atoms. The van der Waals surface area contributed by atoms with Crippen molar-refractivity contribution in [1.29, 1.82) is 0 Å². The van der Waals surface area contributed by atoms with Crippen molar-refractivity contribution in [2.24, 2.45) is 5.92 Å². The van der Waals surface area contributed by atoms with E-state index < -0.39 is 0 Å². The van der Waals surface area contributed by atoms with E-state index in [-0.39, 0.29) is 11.8 Å². The van der Waals surface area contributed by atoms with E-state index >= 15 is 0 Å². The molecule has 0 aliphatic heterocycles. The van der Waals surface area contributed by atoms with Gasteiger partial charge in [-0.05, 0) is 61.7 Å². The van der Waals surface area contributed by atoms with Crippen molar-refractivity contribution >= 4 is 29.1 Å². The highest BCUT2D eigenvalue weighted by Crippen LogP contribution is 2.34. The molecule has 0 saturated carbocycles. The summed E-state index contributed by atoms with van der Waals surface area (Å²) in [7, 11) is 3.81. The molecule has 0 unspecified atom stereocenters. The molecule has 1 amide bonds. The fraction of sp³-hybridized carbons (Fsp3) is 0.333.